The van der Waals surface area contributed by atoms with Crippen molar-refractivity contribution in [3.8, 4) is 55.6 Å². The fraction of sp³-hybridized carbons (Fsp3) is 0. The monoisotopic (exact) mass is 1130 g/mol. The number of para-hydroxylation sites is 1. The van der Waals surface area contributed by atoms with Crippen LogP contribution in [-0.4, -0.2) is 0 Å². The van der Waals surface area contributed by atoms with Gasteiger partial charge in [-0.05, 0) is 203 Å². The van der Waals surface area contributed by atoms with Gasteiger partial charge in [-0.25, -0.2) is 0 Å². The van der Waals surface area contributed by atoms with Gasteiger partial charge in [-0.15, -0.1) is 0 Å². The van der Waals surface area contributed by atoms with Crippen LogP contribution in [-0.2, 0) is 0 Å². The highest BCUT2D eigenvalue weighted by Crippen LogP contribution is 2.51. The van der Waals surface area contributed by atoms with Crippen molar-refractivity contribution in [1.29, 1.82) is 0 Å². The summed E-state index contributed by atoms with van der Waals surface area (Å²) in [5, 5.41) is 25.7. The maximum absolute atomic E-state index is 7.06. The van der Waals surface area contributed by atoms with Gasteiger partial charge in [-0.2, -0.15) is 0 Å². The molecule has 0 unspecified atom stereocenters. The molecule has 0 bridgehead atoms. The molecule has 0 aliphatic rings. The van der Waals surface area contributed by atoms with Crippen LogP contribution in [0.3, 0.4) is 0 Å². The van der Waals surface area contributed by atoms with Crippen LogP contribution in [0.1, 0.15) is 0 Å². The van der Waals surface area contributed by atoms with Crippen LogP contribution in [0.15, 0.2) is 304 Å². The predicted molar refractivity (Wildman–Crippen MR) is 376 cm³/mol. The zero-order valence-electron chi connectivity index (χ0n) is 47.9. The lowest BCUT2D eigenvalue weighted by molar-refractivity contribution is 0.668. The molecular formula is C86H48O3. The van der Waals surface area contributed by atoms with E-state index in [4.69, 9.17) is 13.3 Å². The zero-order chi connectivity index (χ0) is 58.0. The zero-order valence-corrected chi connectivity index (χ0v) is 47.9. The highest BCUT2D eigenvalue weighted by atomic mass is 16.3. The molecule has 3 heterocycles. The number of hydrogen-bond donors (Lipinski definition) is 0. The molecule has 17 aromatic carbocycles. The first-order chi connectivity index (χ1) is 44.1. The lowest BCUT2D eigenvalue weighted by Gasteiger charge is -2.21. The smallest absolute Gasteiger partial charge is 0.143 e. The Hall–Kier alpha value is -11.8. The molecule has 0 radical (unpaired) electrons. The molecule has 0 amide bonds. The quantitative estimate of drug-likeness (QED) is 0.127. The summed E-state index contributed by atoms with van der Waals surface area (Å²) in [6.07, 6.45) is 0. The van der Waals surface area contributed by atoms with E-state index >= 15 is 0 Å². The summed E-state index contributed by atoms with van der Waals surface area (Å²) in [7, 11) is 0. The molecule has 0 saturated heterocycles. The summed E-state index contributed by atoms with van der Waals surface area (Å²) in [4.78, 5) is 0. The molecule has 20 rings (SSSR count). The van der Waals surface area contributed by atoms with Crippen LogP contribution in [0.4, 0.5) is 0 Å². The van der Waals surface area contributed by atoms with Crippen LogP contribution in [0.5, 0.6) is 0 Å². The van der Waals surface area contributed by atoms with Gasteiger partial charge < -0.3 is 13.3 Å². The topological polar surface area (TPSA) is 39.4 Å². The van der Waals surface area contributed by atoms with E-state index in [0.29, 0.717) is 0 Å². The Morgan fingerprint density at radius 2 is 0.573 bits per heavy atom. The van der Waals surface area contributed by atoms with Crippen LogP contribution in [0, 0.1) is 0 Å². The van der Waals surface area contributed by atoms with Gasteiger partial charge in [-0.3, -0.25) is 0 Å². The molecule has 3 heteroatoms. The van der Waals surface area contributed by atoms with Crippen molar-refractivity contribution in [2.45, 2.75) is 0 Å². The van der Waals surface area contributed by atoms with Crippen molar-refractivity contribution in [3.05, 3.63) is 291 Å². The van der Waals surface area contributed by atoms with Crippen molar-refractivity contribution >= 4 is 152 Å². The third-order valence-corrected chi connectivity index (χ3v) is 19.4. The summed E-state index contributed by atoms with van der Waals surface area (Å²) >= 11 is 0. The van der Waals surface area contributed by atoms with Gasteiger partial charge >= 0.3 is 0 Å². The molecule has 20 aromatic rings. The van der Waals surface area contributed by atoms with Crippen molar-refractivity contribution in [2.24, 2.45) is 0 Å². The Morgan fingerprint density at radius 1 is 0.169 bits per heavy atom. The van der Waals surface area contributed by atoms with Gasteiger partial charge in [0, 0.05) is 37.7 Å². The summed E-state index contributed by atoms with van der Waals surface area (Å²) in [6, 6.07) is 107. The van der Waals surface area contributed by atoms with Gasteiger partial charge in [-0.1, -0.05) is 224 Å². The van der Waals surface area contributed by atoms with E-state index in [9.17, 15) is 0 Å². The highest BCUT2D eigenvalue weighted by Gasteiger charge is 2.25. The Bertz CT molecular complexity index is 6430. The minimum absolute atomic E-state index is 0.854. The van der Waals surface area contributed by atoms with Crippen molar-refractivity contribution in [1.82, 2.24) is 0 Å². The van der Waals surface area contributed by atoms with Crippen molar-refractivity contribution < 1.29 is 13.3 Å². The van der Waals surface area contributed by atoms with E-state index < -0.39 is 0 Å². The largest absolute Gasteiger partial charge is 0.456 e. The van der Waals surface area contributed by atoms with E-state index in [0.717, 1.165) is 104 Å². The maximum atomic E-state index is 7.06. The number of hydrogen-bond acceptors (Lipinski definition) is 3. The molecule has 0 saturated carbocycles. The molecule has 3 aromatic heterocycles. The van der Waals surface area contributed by atoms with E-state index in [2.05, 4.69) is 285 Å². The molecule has 0 atom stereocenters. The summed E-state index contributed by atoms with van der Waals surface area (Å²) < 4.78 is 20.0. The number of furan rings is 3. The van der Waals surface area contributed by atoms with E-state index in [1.54, 1.807) is 0 Å². The summed E-state index contributed by atoms with van der Waals surface area (Å²) in [5.74, 6) is 0. The molecule has 0 fully saturated rings. The van der Waals surface area contributed by atoms with Crippen LogP contribution >= 0.6 is 0 Å². The average Bonchev–Trinajstić information content (AvgIpc) is 2.43. The van der Waals surface area contributed by atoms with Crippen LogP contribution in [0.25, 0.3) is 208 Å². The fourth-order valence-electron chi connectivity index (χ4n) is 15.5. The molecule has 410 valence electrons. The molecule has 3 nitrogen and oxygen atoms in total. The number of fused-ring (bicyclic) bond motifs is 20. The second-order valence-electron chi connectivity index (χ2n) is 24.0. The van der Waals surface area contributed by atoms with E-state index in [1.165, 1.54) is 103 Å². The SMILES string of the molecule is c1ccc2c(c1)cc(-c1c3ccccc3c(-c3ccc4oc5ccc6ccccc6c5c4c3)c3ccc(-c4cc5c6cc(-c7c8ccccc8c(-c8ccc9oc%10ccccc%10c9c8)c8ccccc78)ccc6oc5c5ccccc45)cc13)c1ccccc12. The van der Waals surface area contributed by atoms with Gasteiger partial charge in [0.2, 0.25) is 0 Å². The first-order valence-corrected chi connectivity index (χ1v) is 30.6. The normalized spacial score (nSPS) is 12.3. The third kappa shape index (κ3) is 6.98. The first kappa shape index (κ1) is 48.5. The number of benzene rings is 17. The van der Waals surface area contributed by atoms with Crippen LogP contribution in [0.2, 0.25) is 0 Å². The second kappa shape index (κ2) is 18.4. The first-order valence-electron chi connectivity index (χ1n) is 30.6. The number of rotatable bonds is 5. The standard InChI is InChI=1S/C86H48O3/c1-4-20-56-49(17-1)34-42-80-85(56)75-47-54(37-41-79(75)88-80)83-65-29-12-13-30-66(65)84(72-43-50-18-2-3-19-55(50)57-21-5-6-22-58(57)72)73-44-51(33-38-67(73)83)69-48-74-71-46-53(36-40-78(71)89-86(74)68-31-14-7-23-59(68)69)82-63-27-10-8-25-61(63)81(62-26-9-11-28-64(62)82)52-35-39-77-70(45-52)60-24-15-16-32-76(60)87-77/h1-48H. The molecule has 0 N–H and O–H groups in total. The molecular weight excluding hydrogens is 1080 g/mol. The fourth-order valence-corrected chi connectivity index (χ4v) is 15.5. The van der Waals surface area contributed by atoms with Crippen molar-refractivity contribution in [2.75, 3.05) is 0 Å². The van der Waals surface area contributed by atoms with Gasteiger partial charge in [0.1, 0.15) is 33.5 Å². The molecule has 89 heavy (non-hydrogen) atoms. The summed E-state index contributed by atoms with van der Waals surface area (Å²) in [5.41, 5.74) is 17.1. The molecule has 0 aliphatic carbocycles. The third-order valence-electron chi connectivity index (χ3n) is 19.4. The average molecular weight is 1130 g/mol. The van der Waals surface area contributed by atoms with Gasteiger partial charge in [0.15, 0.2) is 0 Å². The minimum atomic E-state index is 0.854. The van der Waals surface area contributed by atoms with E-state index in [1.807, 2.05) is 6.07 Å². The van der Waals surface area contributed by atoms with Gasteiger partial charge in [0.25, 0.3) is 0 Å². The Balaban J connectivity index is 0.836. The maximum Gasteiger partial charge on any atom is 0.143 e. The molecule has 0 aliphatic heterocycles. The lowest BCUT2D eigenvalue weighted by atomic mass is 9.82. The van der Waals surface area contributed by atoms with Crippen molar-refractivity contribution in [3.63, 3.8) is 0 Å². The summed E-state index contributed by atoms with van der Waals surface area (Å²) in [6.45, 7) is 0. The highest BCUT2D eigenvalue weighted by molar-refractivity contribution is 6.29. The van der Waals surface area contributed by atoms with E-state index in [-0.39, 0.29) is 0 Å². The lowest BCUT2D eigenvalue weighted by Crippen LogP contribution is -1.93. The Labute approximate surface area is 509 Å². The predicted octanol–water partition coefficient (Wildman–Crippen LogP) is 24.9. The minimum Gasteiger partial charge on any atom is -0.456 e. The Kier molecular flexibility index (Phi) is 10.0. The van der Waals surface area contributed by atoms with Gasteiger partial charge in [0.05, 0.1) is 0 Å². The Morgan fingerprint density at radius 3 is 1.21 bits per heavy atom. The second-order valence-corrected chi connectivity index (χ2v) is 24.0. The van der Waals surface area contributed by atoms with Crippen LogP contribution < -0.4 is 0 Å². The molecule has 0 spiro atoms.